The van der Waals surface area contributed by atoms with Crippen LogP contribution in [-0.2, 0) is 13.2 Å². The minimum Gasteiger partial charge on any atom is -0.493 e. The highest BCUT2D eigenvalue weighted by atomic mass is 16.5. The summed E-state index contributed by atoms with van der Waals surface area (Å²) in [6, 6.07) is 14.0. The molecular weight excluding hydrogens is 342 g/mol. The molecule has 7 heteroatoms. The van der Waals surface area contributed by atoms with Crippen molar-refractivity contribution < 1.29 is 14.8 Å². The van der Waals surface area contributed by atoms with Gasteiger partial charge in [0.1, 0.15) is 6.54 Å². The average molecular weight is 368 g/mol. The summed E-state index contributed by atoms with van der Waals surface area (Å²) in [5.41, 5.74) is 3.29. The predicted octanol–water partition coefficient (Wildman–Crippen LogP) is 2.03. The van der Waals surface area contributed by atoms with Crippen LogP contribution in [0.25, 0.3) is 5.69 Å². The summed E-state index contributed by atoms with van der Waals surface area (Å²) in [6.07, 6.45) is 1.16. The number of aromatic nitrogens is 4. The van der Waals surface area contributed by atoms with Gasteiger partial charge in [-0.2, -0.15) is 4.68 Å². The molecule has 2 aromatic carbocycles. The van der Waals surface area contributed by atoms with Gasteiger partial charge in [-0.1, -0.05) is 24.6 Å². The van der Waals surface area contributed by atoms with Crippen LogP contribution in [0.2, 0.25) is 0 Å². The molecule has 0 saturated carbocycles. The Morgan fingerprint density at radius 1 is 1.07 bits per heavy atom. The van der Waals surface area contributed by atoms with E-state index in [-0.39, 0.29) is 6.61 Å². The third kappa shape index (κ3) is 4.83. The van der Waals surface area contributed by atoms with E-state index in [4.69, 9.17) is 9.47 Å². The Hall–Kier alpha value is -2.93. The molecule has 0 bridgehead atoms. The predicted molar refractivity (Wildman–Crippen MR) is 102 cm³/mol. The first-order valence-corrected chi connectivity index (χ1v) is 9.17. The highest BCUT2D eigenvalue weighted by Gasteiger charge is 2.12. The van der Waals surface area contributed by atoms with E-state index in [1.54, 1.807) is 11.8 Å². The zero-order chi connectivity index (χ0) is 19.1. The molecule has 0 amide bonds. The first kappa shape index (κ1) is 18.8. The van der Waals surface area contributed by atoms with Crippen molar-refractivity contribution in [2.24, 2.45) is 0 Å². The molecule has 0 aliphatic heterocycles. The van der Waals surface area contributed by atoms with Crippen molar-refractivity contribution in [1.82, 2.24) is 20.2 Å². The smallest absolute Gasteiger partial charge is 0.194 e. The Morgan fingerprint density at radius 2 is 1.89 bits per heavy atom. The second-order valence-corrected chi connectivity index (χ2v) is 6.40. The van der Waals surface area contributed by atoms with Crippen molar-refractivity contribution in [3.8, 4) is 17.2 Å². The molecule has 1 heterocycles. The van der Waals surface area contributed by atoms with Crippen molar-refractivity contribution in [3.05, 3.63) is 59.4 Å². The van der Waals surface area contributed by atoms with E-state index < -0.39 is 0 Å². The van der Waals surface area contributed by atoms with Crippen LogP contribution in [0.3, 0.4) is 0 Å². The first-order chi connectivity index (χ1) is 13.2. The SMILES string of the molecule is CCC[NH2+]Cc1ccc(OCc2nnnn2-c2ccc(C)cc2)c(OC)c1. The summed E-state index contributed by atoms with van der Waals surface area (Å²) in [4.78, 5) is 0. The van der Waals surface area contributed by atoms with Crippen molar-refractivity contribution in [3.63, 3.8) is 0 Å². The lowest BCUT2D eigenvalue weighted by atomic mass is 10.2. The quantitative estimate of drug-likeness (QED) is 0.585. The molecular formula is C20H26N5O2+. The van der Waals surface area contributed by atoms with E-state index in [2.05, 4.69) is 33.8 Å². The molecule has 0 atom stereocenters. The van der Waals surface area contributed by atoms with Crippen LogP contribution in [-0.4, -0.2) is 33.9 Å². The topological polar surface area (TPSA) is 78.7 Å². The van der Waals surface area contributed by atoms with Gasteiger partial charge in [0.25, 0.3) is 0 Å². The summed E-state index contributed by atoms with van der Waals surface area (Å²) in [5.74, 6) is 2.02. The maximum Gasteiger partial charge on any atom is 0.194 e. The summed E-state index contributed by atoms with van der Waals surface area (Å²) in [6.45, 7) is 6.51. The van der Waals surface area contributed by atoms with Crippen LogP contribution >= 0.6 is 0 Å². The van der Waals surface area contributed by atoms with E-state index >= 15 is 0 Å². The van der Waals surface area contributed by atoms with Crippen LogP contribution in [0.1, 0.15) is 30.3 Å². The van der Waals surface area contributed by atoms with Gasteiger partial charge in [-0.3, -0.25) is 0 Å². The molecule has 0 aliphatic carbocycles. The normalized spacial score (nSPS) is 10.8. The molecule has 1 aromatic heterocycles. The zero-order valence-electron chi connectivity index (χ0n) is 16.1. The Labute approximate surface area is 159 Å². The van der Waals surface area contributed by atoms with E-state index in [1.807, 2.05) is 43.3 Å². The fourth-order valence-corrected chi connectivity index (χ4v) is 2.76. The molecule has 3 rings (SSSR count). The van der Waals surface area contributed by atoms with Gasteiger partial charge in [0.2, 0.25) is 0 Å². The molecule has 0 spiro atoms. The minimum atomic E-state index is 0.249. The van der Waals surface area contributed by atoms with E-state index in [0.29, 0.717) is 17.3 Å². The van der Waals surface area contributed by atoms with Crippen molar-refractivity contribution >= 4 is 0 Å². The van der Waals surface area contributed by atoms with E-state index in [9.17, 15) is 0 Å². The third-order valence-corrected chi connectivity index (χ3v) is 4.27. The zero-order valence-corrected chi connectivity index (χ0v) is 16.1. The molecule has 27 heavy (non-hydrogen) atoms. The highest BCUT2D eigenvalue weighted by Crippen LogP contribution is 2.28. The second-order valence-electron chi connectivity index (χ2n) is 6.40. The number of hydrogen-bond acceptors (Lipinski definition) is 5. The van der Waals surface area contributed by atoms with Gasteiger partial charge in [0.05, 0.1) is 19.3 Å². The Balaban J connectivity index is 1.70. The monoisotopic (exact) mass is 368 g/mol. The summed E-state index contributed by atoms with van der Waals surface area (Å²) < 4.78 is 13.1. The fourth-order valence-electron chi connectivity index (χ4n) is 2.76. The van der Waals surface area contributed by atoms with Crippen molar-refractivity contribution in [2.45, 2.75) is 33.4 Å². The molecule has 0 saturated heterocycles. The third-order valence-electron chi connectivity index (χ3n) is 4.27. The van der Waals surface area contributed by atoms with Crippen LogP contribution in [0.5, 0.6) is 11.5 Å². The van der Waals surface area contributed by atoms with Gasteiger partial charge in [-0.05, 0) is 54.1 Å². The number of hydrogen-bond donors (Lipinski definition) is 1. The fraction of sp³-hybridized carbons (Fsp3) is 0.350. The van der Waals surface area contributed by atoms with Crippen molar-refractivity contribution in [2.75, 3.05) is 13.7 Å². The molecule has 2 N–H and O–H groups in total. The standard InChI is InChI=1S/C20H25N5O2/c1-4-11-21-13-16-7-10-18(19(12-16)26-3)27-14-20-22-23-24-25(20)17-8-5-15(2)6-9-17/h5-10,12,21H,4,11,13-14H2,1-3H3/p+1. The number of ether oxygens (including phenoxy) is 2. The van der Waals surface area contributed by atoms with Crippen LogP contribution in [0.4, 0.5) is 0 Å². The molecule has 0 unspecified atom stereocenters. The Kier molecular flexibility index (Phi) is 6.38. The lowest BCUT2D eigenvalue weighted by Gasteiger charge is -2.12. The average Bonchev–Trinajstić information content (AvgIpc) is 3.16. The number of aryl methyl sites for hydroxylation is 1. The largest absolute Gasteiger partial charge is 0.493 e. The molecule has 0 aliphatic rings. The molecule has 7 nitrogen and oxygen atoms in total. The minimum absolute atomic E-state index is 0.249. The van der Waals surface area contributed by atoms with Crippen LogP contribution in [0, 0.1) is 6.92 Å². The van der Waals surface area contributed by atoms with Crippen LogP contribution in [0.15, 0.2) is 42.5 Å². The number of methoxy groups -OCH3 is 1. The lowest BCUT2D eigenvalue weighted by Crippen LogP contribution is -2.82. The summed E-state index contributed by atoms with van der Waals surface area (Å²) in [5, 5.41) is 14.2. The molecule has 142 valence electrons. The Morgan fingerprint density at radius 3 is 2.63 bits per heavy atom. The van der Waals surface area contributed by atoms with Gasteiger partial charge < -0.3 is 14.8 Å². The number of rotatable bonds is 9. The van der Waals surface area contributed by atoms with E-state index in [0.717, 1.165) is 25.2 Å². The Bertz CT molecular complexity index is 861. The lowest BCUT2D eigenvalue weighted by molar-refractivity contribution is -0.670. The van der Waals surface area contributed by atoms with Crippen LogP contribution < -0.4 is 14.8 Å². The first-order valence-electron chi connectivity index (χ1n) is 9.17. The number of nitrogens with zero attached hydrogens (tertiary/aromatic N) is 4. The van der Waals surface area contributed by atoms with Gasteiger partial charge in [-0.25, -0.2) is 0 Å². The number of quaternary nitrogens is 1. The molecule has 0 radical (unpaired) electrons. The van der Waals surface area contributed by atoms with Gasteiger partial charge in [0, 0.05) is 5.56 Å². The highest BCUT2D eigenvalue weighted by molar-refractivity contribution is 5.43. The second kappa shape index (κ2) is 9.14. The number of tetrazole rings is 1. The maximum absolute atomic E-state index is 5.94. The maximum atomic E-state index is 5.94. The van der Waals surface area contributed by atoms with Crippen molar-refractivity contribution in [1.29, 1.82) is 0 Å². The number of benzene rings is 2. The van der Waals surface area contributed by atoms with E-state index in [1.165, 1.54) is 11.1 Å². The summed E-state index contributed by atoms with van der Waals surface area (Å²) >= 11 is 0. The van der Waals surface area contributed by atoms with Gasteiger partial charge in [-0.15, -0.1) is 5.10 Å². The van der Waals surface area contributed by atoms with Gasteiger partial charge >= 0.3 is 0 Å². The number of nitrogens with two attached hydrogens (primary N) is 1. The van der Waals surface area contributed by atoms with Gasteiger partial charge in [0.15, 0.2) is 23.9 Å². The summed E-state index contributed by atoms with van der Waals surface area (Å²) in [7, 11) is 1.65. The molecule has 3 aromatic rings. The molecule has 0 fully saturated rings.